The summed E-state index contributed by atoms with van der Waals surface area (Å²) < 4.78 is 55.5. The Kier molecular flexibility index (Phi) is 6.71. The molecule has 0 fully saturated rings. The molecular formula is C24H21F3N4O5. The molecule has 12 heteroatoms. The van der Waals surface area contributed by atoms with Crippen molar-refractivity contribution < 1.29 is 37.0 Å². The van der Waals surface area contributed by atoms with Crippen LogP contribution in [0.15, 0.2) is 46.9 Å². The zero-order chi connectivity index (χ0) is 26.0. The summed E-state index contributed by atoms with van der Waals surface area (Å²) in [6.07, 6.45) is -4.64. The number of benzene rings is 2. The van der Waals surface area contributed by atoms with Gasteiger partial charge < -0.3 is 30.0 Å². The highest BCUT2D eigenvalue weighted by Gasteiger charge is 2.33. The SMILES string of the molecule is COc1ccc(CNC(=O)c2nc(-c3ccc(OC)c4nc(C(F)(F)F)ccc34)oc2CN)c(O)c1. The first-order chi connectivity index (χ1) is 17.2. The lowest BCUT2D eigenvalue weighted by molar-refractivity contribution is -0.140. The monoisotopic (exact) mass is 502 g/mol. The Labute approximate surface area is 202 Å². The topological polar surface area (TPSA) is 133 Å². The number of pyridine rings is 1. The summed E-state index contributed by atoms with van der Waals surface area (Å²) >= 11 is 0. The predicted octanol–water partition coefficient (Wildman–Crippen LogP) is 4.02. The van der Waals surface area contributed by atoms with E-state index in [0.717, 1.165) is 6.07 Å². The van der Waals surface area contributed by atoms with Crippen molar-refractivity contribution in [3.8, 4) is 28.7 Å². The first-order valence-corrected chi connectivity index (χ1v) is 10.6. The molecule has 0 radical (unpaired) electrons. The summed E-state index contributed by atoms with van der Waals surface area (Å²) in [4.78, 5) is 20.8. The number of hydrogen-bond donors (Lipinski definition) is 3. The maximum Gasteiger partial charge on any atom is 0.433 e. The predicted molar refractivity (Wildman–Crippen MR) is 123 cm³/mol. The quantitative estimate of drug-likeness (QED) is 0.345. The van der Waals surface area contributed by atoms with Gasteiger partial charge in [0.15, 0.2) is 11.5 Å². The molecule has 188 valence electrons. The first-order valence-electron chi connectivity index (χ1n) is 10.6. The second-order valence-electron chi connectivity index (χ2n) is 7.58. The zero-order valence-electron chi connectivity index (χ0n) is 19.1. The van der Waals surface area contributed by atoms with E-state index in [1.165, 1.54) is 32.4 Å². The average Bonchev–Trinajstić information content (AvgIpc) is 3.30. The molecule has 0 spiro atoms. The van der Waals surface area contributed by atoms with Crippen molar-refractivity contribution in [3.05, 3.63) is 65.2 Å². The van der Waals surface area contributed by atoms with Crippen molar-refractivity contribution in [1.82, 2.24) is 15.3 Å². The number of nitrogens with zero attached hydrogens (tertiary/aromatic N) is 2. The van der Waals surface area contributed by atoms with Crippen LogP contribution in [0.1, 0.15) is 27.5 Å². The number of nitrogens with two attached hydrogens (primary N) is 1. The van der Waals surface area contributed by atoms with Crippen LogP contribution >= 0.6 is 0 Å². The minimum Gasteiger partial charge on any atom is -0.507 e. The number of amides is 1. The molecular weight excluding hydrogens is 481 g/mol. The number of phenolic OH excluding ortho intramolecular Hbond substituents is 1. The lowest BCUT2D eigenvalue weighted by atomic mass is 10.1. The highest BCUT2D eigenvalue weighted by atomic mass is 19.4. The van der Waals surface area contributed by atoms with Crippen LogP contribution in [-0.2, 0) is 19.3 Å². The molecule has 9 nitrogen and oxygen atoms in total. The van der Waals surface area contributed by atoms with Gasteiger partial charge >= 0.3 is 6.18 Å². The third kappa shape index (κ3) is 4.75. The summed E-state index contributed by atoms with van der Waals surface area (Å²) in [6, 6.07) is 9.69. The number of phenols is 1. The fourth-order valence-electron chi connectivity index (χ4n) is 3.56. The second kappa shape index (κ2) is 9.74. The number of aromatic hydroxyl groups is 1. The van der Waals surface area contributed by atoms with Gasteiger partial charge in [0.2, 0.25) is 5.89 Å². The number of alkyl halides is 3. The molecule has 4 aromatic rings. The van der Waals surface area contributed by atoms with E-state index in [2.05, 4.69) is 15.3 Å². The number of carbonyl (C=O) groups excluding carboxylic acids is 1. The zero-order valence-corrected chi connectivity index (χ0v) is 19.1. The van der Waals surface area contributed by atoms with Crippen LogP contribution in [0.5, 0.6) is 17.2 Å². The Hall–Kier alpha value is -4.32. The molecule has 0 atom stereocenters. The number of fused-ring (bicyclic) bond motifs is 1. The largest absolute Gasteiger partial charge is 0.507 e. The van der Waals surface area contributed by atoms with E-state index in [1.807, 2.05) is 0 Å². The maximum atomic E-state index is 13.2. The molecule has 0 aliphatic heterocycles. The minimum atomic E-state index is -4.64. The number of halogens is 3. The van der Waals surface area contributed by atoms with E-state index in [4.69, 9.17) is 19.6 Å². The number of methoxy groups -OCH3 is 2. The Balaban J connectivity index is 1.68. The first kappa shape index (κ1) is 24.8. The minimum absolute atomic E-state index is 0.0174. The summed E-state index contributed by atoms with van der Waals surface area (Å²) in [5.41, 5.74) is 5.27. The van der Waals surface area contributed by atoms with Crippen molar-refractivity contribution in [2.45, 2.75) is 19.3 Å². The van der Waals surface area contributed by atoms with Crippen LogP contribution < -0.4 is 20.5 Å². The van der Waals surface area contributed by atoms with Crippen LogP contribution in [0.25, 0.3) is 22.4 Å². The standard InChI is InChI=1S/C24H21F3N4O5/c1-34-13-4-3-12(16(32)9-13)11-29-22(33)21-18(10-28)36-23(31-21)15-5-7-17(35-2)20-14(15)6-8-19(30-20)24(25,26)27/h3-9,32H,10-11,28H2,1-2H3,(H,29,33). The number of nitrogens with one attached hydrogen (secondary N) is 1. The van der Waals surface area contributed by atoms with Crippen molar-refractivity contribution in [3.63, 3.8) is 0 Å². The molecule has 0 unspecified atom stereocenters. The van der Waals surface area contributed by atoms with Gasteiger partial charge in [-0.3, -0.25) is 4.79 Å². The lowest BCUT2D eigenvalue weighted by Gasteiger charge is -2.11. The van der Waals surface area contributed by atoms with Gasteiger partial charge in [-0.05, 0) is 36.4 Å². The molecule has 2 aromatic heterocycles. The van der Waals surface area contributed by atoms with Crippen LogP contribution in [0, 0.1) is 0 Å². The molecule has 4 rings (SSSR count). The molecule has 2 heterocycles. The van der Waals surface area contributed by atoms with Gasteiger partial charge in [-0.25, -0.2) is 9.97 Å². The van der Waals surface area contributed by atoms with E-state index < -0.39 is 17.8 Å². The summed E-state index contributed by atoms with van der Waals surface area (Å²) in [5, 5.41) is 13.0. The molecule has 36 heavy (non-hydrogen) atoms. The Morgan fingerprint density at radius 2 is 1.89 bits per heavy atom. The van der Waals surface area contributed by atoms with Gasteiger partial charge in [-0.2, -0.15) is 13.2 Å². The summed E-state index contributed by atoms with van der Waals surface area (Å²) in [5.74, 6) is -0.0474. The molecule has 4 N–H and O–H groups in total. The lowest BCUT2D eigenvalue weighted by Crippen LogP contribution is -2.24. The van der Waals surface area contributed by atoms with Crippen molar-refractivity contribution in [2.75, 3.05) is 14.2 Å². The fraction of sp³-hybridized carbons (Fsp3) is 0.208. The van der Waals surface area contributed by atoms with Crippen molar-refractivity contribution in [2.24, 2.45) is 5.73 Å². The average molecular weight is 502 g/mol. The molecule has 1 amide bonds. The maximum absolute atomic E-state index is 13.2. The summed E-state index contributed by atoms with van der Waals surface area (Å²) in [7, 11) is 2.78. The highest BCUT2D eigenvalue weighted by molar-refractivity contribution is 5.98. The number of carbonyl (C=O) groups is 1. The number of oxazole rings is 1. The van der Waals surface area contributed by atoms with Gasteiger partial charge in [0.05, 0.1) is 20.8 Å². The Bertz CT molecular complexity index is 1440. The van der Waals surface area contributed by atoms with E-state index in [9.17, 15) is 23.1 Å². The van der Waals surface area contributed by atoms with Gasteiger partial charge in [0.1, 0.15) is 28.5 Å². The van der Waals surface area contributed by atoms with Gasteiger partial charge in [-0.1, -0.05) is 0 Å². The fourth-order valence-corrected chi connectivity index (χ4v) is 3.56. The molecule has 0 saturated carbocycles. The Morgan fingerprint density at radius 1 is 1.11 bits per heavy atom. The second-order valence-corrected chi connectivity index (χ2v) is 7.58. The highest BCUT2D eigenvalue weighted by Crippen LogP contribution is 2.37. The Morgan fingerprint density at radius 3 is 2.53 bits per heavy atom. The van der Waals surface area contributed by atoms with Crippen LogP contribution in [0.3, 0.4) is 0 Å². The van der Waals surface area contributed by atoms with E-state index in [1.54, 1.807) is 18.2 Å². The third-order valence-corrected chi connectivity index (χ3v) is 5.39. The smallest absolute Gasteiger partial charge is 0.433 e. The van der Waals surface area contributed by atoms with E-state index >= 15 is 0 Å². The molecule has 0 bridgehead atoms. The number of rotatable bonds is 7. The number of ether oxygens (including phenoxy) is 2. The molecule has 0 aliphatic carbocycles. The van der Waals surface area contributed by atoms with E-state index in [0.29, 0.717) is 16.9 Å². The van der Waals surface area contributed by atoms with Gasteiger partial charge in [0, 0.05) is 29.1 Å². The van der Waals surface area contributed by atoms with Gasteiger partial charge in [-0.15, -0.1) is 0 Å². The van der Waals surface area contributed by atoms with Crippen molar-refractivity contribution in [1.29, 1.82) is 0 Å². The van der Waals surface area contributed by atoms with Crippen LogP contribution in [0.2, 0.25) is 0 Å². The van der Waals surface area contributed by atoms with E-state index in [-0.39, 0.29) is 52.8 Å². The normalized spacial score (nSPS) is 11.5. The molecule has 2 aromatic carbocycles. The third-order valence-electron chi connectivity index (χ3n) is 5.39. The van der Waals surface area contributed by atoms with Crippen molar-refractivity contribution >= 4 is 16.8 Å². The molecule has 0 aliphatic rings. The number of aromatic nitrogens is 2. The number of hydrogen-bond acceptors (Lipinski definition) is 8. The molecule has 0 saturated heterocycles. The van der Waals surface area contributed by atoms with Gasteiger partial charge in [0.25, 0.3) is 5.91 Å². The van der Waals surface area contributed by atoms with Crippen LogP contribution in [0.4, 0.5) is 13.2 Å². The summed E-state index contributed by atoms with van der Waals surface area (Å²) in [6.45, 7) is -0.176. The van der Waals surface area contributed by atoms with Crippen LogP contribution in [-0.4, -0.2) is 35.2 Å².